The molecule has 0 saturated carbocycles. The molecule has 3 heteroatoms. The van der Waals surface area contributed by atoms with Crippen molar-refractivity contribution in [3.63, 3.8) is 0 Å². The molecule has 2 rings (SSSR count). The van der Waals surface area contributed by atoms with Crippen LogP contribution in [0.5, 0.6) is 0 Å². The summed E-state index contributed by atoms with van der Waals surface area (Å²) in [4.78, 5) is 14.0. The molecule has 0 bridgehead atoms. The molecule has 0 atom stereocenters. The molecule has 1 heterocycles. The molecule has 1 N–H and O–H groups in total. The molecule has 0 unspecified atom stereocenters. The van der Waals surface area contributed by atoms with Crippen LogP contribution in [0.2, 0.25) is 0 Å². The third-order valence-corrected chi connectivity index (χ3v) is 2.23. The fourth-order valence-corrected chi connectivity index (χ4v) is 1.47. The van der Waals surface area contributed by atoms with Gasteiger partial charge in [-0.25, -0.2) is 4.39 Å². The summed E-state index contributed by atoms with van der Waals surface area (Å²) in [6.45, 7) is 1.81. The number of pyridine rings is 1. The van der Waals surface area contributed by atoms with Crippen LogP contribution in [0.25, 0.3) is 11.1 Å². The Balaban J connectivity index is 2.65. The number of halogens is 1. The van der Waals surface area contributed by atoms with Crippen LogP contribution in [-0.4, -0.2) is 4.98 Å². The topological polar surface area (TPSA) is 32.9 Å². The highest BCUT2D eigenvalue weighted by molar-refractivity contribution is 5.63. The van der Waals surface area contributed by atoms with Crippen LogP contribution in [0, 0.1) is 12.7 Å². The first-order valence-electron chi connectivity index (χ1n) is 4.63. The Hall–Kier alpha value is -1.90. The summed E-state index contributed by atoms with van der Waals surface area (Å²) in [5.41, 5.74) is 1.25. The minimum absolute atomic E-state index is 0.278. The summed E-state index contributed by atoms with van der Waals surface area (Å²) in [7, 11) is 0. The fraction of sp³-hybridized carbons (Fsp3) is 0.0833. The average molecular weight is 203 g/mol. The van der Waals surface area contributed by atoms with Gasteiger partial charge in [0.1, 0.15) is 5.82 Å². The predicted octanol–water partition coefficient (Wildman–Crippen LogP) is 2.49. The molecule has 0 fully saturated rings. The lowest BCUT2D eigenvalue weighted by Crippen LogP contribution is -2.07. The van der Waals surface area contributed by atoms with Crippen molar-refractivity contribution < 1.29 is 4.39 Å². The van der Waals surface area contributed by atoms with Crippen LogP contribution in [-0.2, 0) is 0 Å². The van der Waals surface area contributed by atoms with Crippen molar-refractivity contribution in [2.75, 3.05) is 0 Å². The predicted molar refractivity (Wildman–Crippen MR) is 57.2 cm³/mol. The van der Waals surface area contributed by atoms with E-state index in [-0.39, 0.29) is 11.4 Å². The summed E-state index contributed by atoms with van der Waals surface area (Å²) in [6.07, 6.45) is 1.53. The Kier molecular flexibility index (Phi) is 2.37. The van der Waals surface area contributed by atoms with Crippen molar-refractivity contribution in [3.05, 3.63) is 58.3 Å². The van der Waals surface area contributed by atoms with E-state index in [4.69, 9.17) is 0 Å². The van der Waals surface area contributed by atoms with Crippen molar-refractivity contribution in [2.45, 2.75) is 6.92 Å². The monoisotopic (exact) mass is 203 g/mol. The van der Waals surface area contributed by atoms with Gasteiger partial charge in [0.2, 0.25) is 0 Å². The van der Waals surface area contributed by atoms with Gasteiger partial charge >= 0.3 is 0 Å². The first-order valence-corrected chi connectivity index (χ1v) is 4.63. The van der Waals surface area contributed by atoms with E-state index in [1.165, 1.54) is 12.3 Å². The first-order chi connectivity index (χ1) is 7.18. The van der Waals surface area contributed by atoms with Crippen LogP contribution in [0.1, 0.15) is 5.56 Å². The summed E-state index contributed by atoms with van der Waals surface area (Å²) in [5.74, 6) is -0.369. The molecule has 0 spiro atoms. The zero-order valence-corrected chi connectivity index (χ0v) is 8.25. The van der Waals surface area contributed by atoms with Gasteiger partial charge in [-0.2, -0.15) is 0 Å². The number of rotatable bonds is 1. The maximum absolute atomic E-state index is 13.6. The summed E-state index contributed by atoms with van der Waals surface area (Å²) in [5, 5.41) is 0. The maximum atomic E-state index is 13.6. The molecule has 0 radical (unpaired) electrons. The van der Waals surface area contributed by atoms with E-state index >= 15 is 0 Å². The Morgan fingerprint density at radius 1 is 1.20 bits per heavy atom. The number of nitrogens with one attached hydrogen (secondary N) is 1. The lowest BCUT2D eigenvalue weighted by Gasteiger charge is -2.02. The zero-order valence-electron chi connectivity index (χ0n) is 8.25. The van der Waals surface area contributed by atoms with Crippen molar-refractivity contribution in [1.82, 2.24) is 4.98 Å². The molecule has 15 heavy (non-hydrogen) atoms. The Morgan fingerprint density at radius 2 is 2.00 bits per heavy atom. The molecule has 0 amide bonds. The van der Waals surface area contributed by atoms with Crippen LogP contribution >= 0.6 is 0 Å². The van der Waals surface area contributed by atoms with Gasteiger partial charge in [-0.3, -0.25) is 4.79 Å². The number of aromatic nitrogens is 1. The standard InChI is InChI=1S/C12H10FNO/c1-8-4-5-9(11(13)7-8)10-3-2-6-14-12(10)15/h2-7H,1H3,(H,14,15). The number of H-pyrrole nitrogens is 1. The lowest BCUT2D eigenvalue weighted by atomic mass is 10.1. The molecular weight excluding hydrogens is 193 g/mol. The van der Waals surface area contributed by atoms with Crippen molar-refractivity contribution in [3.8, 4) is 11.1 Å². The van der Waals surface area contributed by atoms with Gasteiger partial charge in [0.05, 0.1) is 0 Å². The largest absolute Gasteiger partial charge is 0.329 e. The summed E-state index contributed by atoms with van der Waals surface area (Å²) >= 11 is 0. The van der Waals surface area contributed by atoms with Gasteiger partial charge in [0, 0.05) is 17.3 Å². The van der Waals surface area contributed by atoms with Crippen LogP contribution in [0.15, 0.2) is 41.3 Å². The Labute approximate surface area is 86.4 Å². The van der Waals surface area contributed by atoms with Crippen LogP contribution in [0.3, 0.4) is 0 Å². The molecule has 0 aliphatic carbocycles. The second kappa shape index (κ2) is 3.69. The highest BCUT2D eigenvalue weighted by Crippen LogP contribution is 2.19. The van der Waals surface area contributed by atoms with Gasteiger partial charge in [-0.1, -0.05) is 12.1 Å². The van der Waals surface area contributed by atoms with Gasteiger partial charge in [-0.05, 0) is 30.7 Å². The first kappa shape index (κ1) is 9.65. The molecule has 1 aromatic heterocycles. The SMILES string of the molecule is Cc1ccc(-c2ccc[nH]c2=O)c(F)c1. The highest BCUT2D eigenvalue weighted by atomic mass is 19.1. The number of benzene rings is 1. The minimum atomic E-state index is -0.369. The number of aromatic amines is 1. The number of hydrogen-bond acceptors (Lipinski definition) is 1. The van der Waals surface area contributed by atoms with Gasteiger partial charge in [-0.15, -0.1) is 0 Å². The molecule has 2 nitrogen and oxygen atoms in total. The molecule has 0 aliphatic heterocycles. The van der Waals surface area contributed by atoms with E-state index < -0.39 is 0 Å². The smallest absolute Gasteiger partial charge is 0.255 e. The molecule has 0 aliphatic rings. The molecule has 2 aromatic rings. The summed E-state index contributed by atoms with van der Waals surface area (Å²) in [6, 6.07) is 8.10. The second-order valence-electron chi connectivity index (χ2n) is 3.40. The minimum Gasteiger partial charge on any atom is -0.329 e. The third kappa shape index (κ3) is 1.81. The van der Waals surface area contributed by atoms with Gasteiger partial charge < -0.3 is 4.98 Å². The normalized spacial score (nSPS) is 10.3. The molecule has 0 saturated heterocycles. The maximum Gasteiger partial charge on any atom is 0.255 e. The Morgan fingerprint density at radius 3 is 2.67 bits per heavy atom. The average Bonchev–Trinajstić information content (AvgIpc) is 2.20. The third-order valence-electron chi connectivity index (χ3n) is 2.23. The lowest BCUT2D eigenvalue weighted by molar-refractivity contribution is 0.630. The van der Waals surface area contributed by atoms with E-state index in [9.17, 15) is 9.18 Å². The number of aryl methyl sites for hydroxylation is 1. The van der Waals surface area contributed by atoms with Gasteiger partial charge in [0.25, 0.3) is 5.56 Å². The van der Waals surface area contributed by atoms with E-state index in [2.05, 4.69) is 4.98 Å². The van der Waals surface area contributed by atoms with Crippen molar-refractivity contribution in [1.29, 1.82) is 0 Å². The van der Waals surface area contributed by atoms with Gasteiger partial charge in [0.15, 0.2) is 0 Å². The second-order valence-corrected chi connectivity index (χ2v) is 3.40. The number of hydrogen-bond donors (Lipinski definition) is 1. The summed E-state index contributed by atoms with van der Waals surface area (Å²) < 4.78 is 13.6. The molecule has 1 aromatic carbocycles. The molecule has 76 valence electrons. The van der Waals surface area contributed by atoms with Crippen LogP contribution < -0.4 is 5.56 Å². The van der Waals surface area contributed by atoms with E-state index in [1.54, 1.807) is 24.3 Å². The van der Waals surface area contributed by atoms with E-state index in [0.29, 0.717) is 11.1 Å². The van der Waals surface area contributed by atoms with Crippen molar-refractivity contribution >= 4 is 0 Å². The quantitative estimate of drug-likeness (QED) is 0.758. The van der Waals surface area contributed by atoms with Crippen molar-refractivity contribution in [2.24, 2.45) is 0 Å². The fourth-order valence-electron chi connectivity index (χ4n) is 1.47. The highest BCUT2D eigenvalue weighted by Gasteiger charge is 2.07. The Bertz CT molecular complexity index is 545. The zero-order chi connectivity index (χ0) is 10.8. The van der Waals surface area contributed by atoms with E-state index in [0.717, 1.165) is 5.56 Å². The van der Waals surface area contributed by atoms with Crippen LogP contribution in [0.4, 0.5) is 4.39 Å². The molecular formula is C12H10FNO. The van der Waals surface area contributed by atoms with E-state index in [1.807, 2.05) is 6.92 Å².